The van der Waals surface area contributed by atoms with E-state index in [9.17, 15) is 21.6 Å². The summed E-state index contributed by atoms with van der Waals surface area (Å²) < 4.78 is 64.1. The molecule has 0 unspecified atom stereocenters. The van der Waals surface area contributed by atoms with Crippen LogP contribution in [0.4, 0.5) is 18.9 Å². The van der Waals surface area contributed by atoms with Gasteiger partial charge in [0.05, 0.1) is 39.9 Å². The van der Waals surface area contributed by atoms with Crippen LogP contribution in [0, 0.1) is 6.92 Å². The number of amidine groups is 1. The highest BCUT2D eigenvalue weighted by Gasteiger charge is 2.48. The van der Waals surface area contributed by atoms with Gasteiger partial charge >= 0.3 is 6.18 Å². The van der Waals surface area contributed by atoms with E-state index in [2.05, 4.69) is 4.99 Å². The molecule has 2 atom stereocenters. The predicted molar refractivity (Wildman–Crippen MR) is 115 cm³/mol. The number of alkyl halides is 3. The summed E-state index contributed by atoms with van der Waals surface area (Å²) in [6, 6.07) is 9.93. The lowest BCUT2D eigenvalue weighted by Gasteiger charge is -2.28. The first kappa shape index (κ1) is 21.5. The molecule has 1 fully saturated rings. The number of sulfone groups is 1. The number of aliphatic imine (C=N–C) groups is 1. The summed E-state index contributed by atoms with van der Waals surface area (Å²) in [6.45, 7) is 1.98. The van der Waals surface area contributed by atoms with E-state index in [-0.39, 0.29) is 22.2 Å². The van der Waals surface area contributed by atoms with Crippen molar-refractivity contribution in [3.63, 3.8) is 0 Å². The highest BCUT2D eigenvalue weighted by atomic mass is 35.5. The summed E-state index contributed by atoms with van der Waals surface area (Å²) >= 11 is 7.63. The maximum absolute atomic E-state index is 13.3. The van der Waals surface area contributed by atoms with Crippen molar-refractivity contribution in [3.05, 3.63) is 64.2 Å². The van der Waals surface area contributed by atoms with E-state index in [4.69, 9.17) is 11.6 Å². The third kappa shape index (κ3) is 4.33. The highest BCUT2D eigenvalue weighted by Crippen LogP contribution is 2.41. The standard InChI is InChI=1S/C20H18ClF3N2O2S2/c1-12-2-4-13(5-3-12)9-29-19-25-16-10-30(27,28)11-18(16)26(19)17-8-14(20(22,23)24)6-7-15(17)21/h2-8,16,18H,9-11H2,1H3/t16-,18-/m1/s1. The molecule has 0 amide bonds. The van der Waals surface area contributed by atoms with Crippen molar-refractivity contribution in [1.82, 2.24) is 0 Å². The lowest BCUT2D eigenvalue weighted by molar-refractivity contribution is -0.137. The van der Waals surface area contributed by atoms with Crippen LogP contribution in [0.3, 0.4) is 0 Å². The van der Waals surface area contributed by atoms with Gasteiger partial charge in [-0.15, -0.1) is 0 Å². The zero-order valence-electron chi connectivity index (χ0n) is 15.9. The molecule has 160 valence electrons. The van der Waals surface area contributed by atoms with Gasteiger partial charge in [0, 0.05) is 5.75 Å². The van der Waals surface area contributed by atoms with Crippen molar-refractivity contribution in [1.29, 1.82) is 0 Å². The average Bonchev–Trinajstić information content (AvgIpc) is 3.12. The quantitative estimate of drug-likeness (QED) is 0.632. The molecule has 2 aliphatic rings. The number of fused-ring (bicyclic) bond motifs is 1. The predicted octanol–water partition coefficient (Wildman–Crippen LogP) is 4.94. The smallest absolute Gasteiger partial charge is 0.313 e. The minimum Gasteiger partial charge on any atom is -0.313 e. The minimum atomic E-state index is -4.54. The van der Waals surface area contributed by atoms with E-state index in [1.807, 2.05) is 31.2 Å². The van der Waals surface area contributed by atoms with Gasteiger partial charge in [-0.2, -0.15) is 13.2 Å². The summed E-state index contributed by atoms with van der Waals surface area (Å²) in [6.07, 6.45) is -4.54. The van der Waals surface area contributed by atoms with Gasteiger partial charge in [-0.1, -0.05) is 53.2 Å². The monoisotopic (exact) mass is 474 g/mol. The van der Waals surface area contributed by atoms with Crippen LogP contribution in [0.15, 0.2) is 47.5 Å². The Morgan fingerprint density at radius 3 is 2.53 bits per heavy atom. The Kier molecular flexibility index (Phi) is 5.57. The fraction of sp³-hybridized carbons (Fsp3) is 0.350. The van der Waals surface area contributed by atoms with Crippen LogP contribution in [0.2, 0.25) is 5.02 Å². The Bertz CT molecular complexity index is 1100. The molecule has 4 nitrogen and oxygen atoms in total. The summed E-state index contributed by atoms with van der Waals surface area (Å²) in [7, 11) is -3.32. The highest BCUT2D eigenvalue weighted by molar-refractivity contribution is 8.13. The third-order valence-electron chi connectivity index (χ3n) is 5.13. The second kappa shape index (κ2) is 7.76. The van der Waals surface area contributed by atoms with Crippen molar-refractivity contribution in [3.8, 4) is 0 Å². The van der Waals surface area contributed by atoms with Gasteiger partial charge in [0.2, 0.25) is 0 Å². The van der Waals surface area contributed by atoms with Crippen molar-refractivity contribution in [2.45, 2.75) is 30.9 Å². The maximum Gasteiger partial charge on any atom is 0.416 e. The Morgan fingerprint density at radius 2 is 1.87 bits per heavy atom. The molecule has 2 aromatic rings. The number of nitrogens with zero attached hydrogens (tertiary/aromatic N) is 2. The van der Waals surface area contributed by atoms with Crippen LogP contribution < -0.4 is 4.90 Å². The van der Waals surface area contributed by atoms with E-state index in [0.29, 0.717) is 10.9 Å². The molecule has 0 aromatic heterocycles. The number of rotatable bonds is 3. The molecule has 0 N–H and O–H groups in total. The number of hydrogen-bond donors (Lipinski definition) is 0. The molecule has 2 aromatic carbocycles. The first-order valence-corrected chi connectivity index (χ1v) is 12.3. The van der Waals surface area contributed by atoms with Crippen molar-refractivity contribution < 1.29 is 21.6 Å². The van der Waals surface area contributed by atoms with Gasteiger partial charge in [0.1, 0.15) is 0 Å². The molecule has 0 radical (unpaired) electrons. The molecule has 10 heteroatoms. The minimum absolute atomic E-state index is 0.112. The Labute approximate surface area is 182 Å². The Morgan fingerprint density at radius 1 is 1.17 bits per heavy atom. The molecule has 0 saturated carbocycles. The normalized spacial score (nSPS) is 22.8. The molecule has 4 rings (SSSR count). The van der Waals surface area contributed by atoms with Gasteiger partial charge in [-0.3, -0.25) is 4.99 Å². The van der Waals surface area contributed by atoms with Gasteiger partial charge in [0.15, 0.2) is 15.0 Å². The SMILES string of the molecule is Cc1ccc(CSC2=N[C@@H]3CS(=O)(=O)C[C@H]3N2c2cc(C(F)(F)F)ccc2Cl)cc1. The van der Waals surface area contributed by atoms with E-state index in [1.54, 1.807) is 4.90 Å². The number of anilines is 1. The molecule has 1 saturated heterocycles. The van der Waals surface area contributed by atoms with Gasteiger partial charge < -0.3 is 4.90 Å². The van der Waals surface area contributed by atoms with E-state index in [1.165, 1.54) is 17.8 Å². The first-order valence-electron chi connectivity index (χ1n) is 9.16. The van der Waals surface area contributed by atoms with Gasteiger partial charge in [-0.25, -0.2) is 8.42 Å². The summed E-state index contributed by atoms with van der Waals surface area (Å²) in [4.78, 5) is 6.13. The molecule has 0 bridgehead atoms. The number of thioether (sulfide) groups is 1. The number of hydrogen-bond acceptors (Lipinski definition) is 5. The summed E-state index contributed by atoms with van der Waals surface area (Å²) in [5.41, 5.74) is 1.45. The van der Waals surface area contributed by atoms with Crippen LogP contribution >= 0.6 is 23.4 Å². The van der Waals surface area contributed by atoms with E-state index < -0.39 is 33.7 Å². The lowest BCUT2D eigenvalue weighted by atomic mass is 10.1. The third-order valence-corrected chi connectivity index (χ3v) is 8.19. The summed E-state index contributed by atoms with van der Waals surface area (Å²) in [5, 5.41) is 0.610. The average molecular weight is 475 g/mol. The zero-order chi connectivity index (χ0) is 21.7. The fourth-order valence-electron chi connectivity index (χ4n) is 3.62. The van der Waals surface area contributed by atoms with Gasteiger partial charge in [-0.05, 0) is 30.7 Å². The first-order chi connectivity index (χ1) is 14.0. The topological polar surface area (TPSA) is 49.7 Å². The molecule has 2 aliphatic heterocycles. The van der Waals surface area contributed by atoms with E-state index in [0.717, 1.165) is 23.3 Å². The maximum atomic E-state index is 13.3. The van der Waals surface area contributed by atoms with Crippen LogP contribution in [0.25, 0.3) is 0 Å². The molecular weight excluding hydrogens is 457 g/mol. The number of aryl methyl sites for hydroxylation is 1. The summed E-state index contributed by atoms with van der Waals surface area (Å²) in [5.74, 6) is 0.278. The van der Waals surface area contributed by atoms with Crippen LogP contribution in [0.5, 0.6) is 0 Å². The molecule has 30 heavy (non-hydrogen) atoms. The van der Waals surface area contributed by atoms with Crippen LogP contribution in [-0.4, -0.2) is 37.2 Å². The lowest BCUT2D eigenvalue weighted by Crippen LogP contribution is -2.39. The molecule has 0 aliphatic carbocycles. The zero-order valence-corrected chi connectivity index (χ0v) is 18.2. The molecule has 2 heterocycles. The second-order valence-corrected chi connectivity index (χ2v) is 10.9. The number of halogens is 4. The Balaban J connectivity index is 1.69. The van der Waals surface area contributed by atoms with Gasteiger partial charge in [0.25, 0.3) is 0 Å². The fourth-order valence-corrected chi connectivity index (χ4v) is 6.74. The second-order valence-electron chi connectivity index (χ2n) is 7.43. The van der Waals surface area contributed by atoms with E-state index >= 15 is 0 Å². The van der Waals surface area contributed by atoms with Crippen molar-refractivity contribution in [2.24, 2.45) is 4.99 Å². The van der Waals surface area contributed by atoms with Crippen LogP contribution in [0.1, 0.15) is 16.7 Å². The Hall–Kier alpha value is -1.71. The van der Waals surface area contributed by atoms with Crippen molar-refractivity contribution in [2.75, 3.05) is 16.4 Å². The molecule has 0 spiro atoms. The largest absolute Gasteiger partial charge is 0.416 e. The number of benzene rings is 2. The van der Waals surface area contributed by atoms with Crippen molar-refractivity contribution >= 4 is 44.1 Å². The van der Waals surface area contributed by atoms with Crippen LogP contribution in [-0.2, 0) is 21.8 Å². The molecular formula is C20H18ClF3N2O2S2.